The van der Waals surface area contributed by atoms with Gasteiger partial charge in [0.2, 0.25) is 10.0 Å². The van der Waals surface area contributed by atoms with Gasteiger partial charge < -0.3 is 5.32 Å². The second-order valence-corrected chi connectivity index (χ2v) is 7.42. The molecule has 16 heavy (non-hydrogen) atoms. The van der Waals surface area contributed by atoms with Crippen molar-refractivity contribution in [2.75, 3.05) is 13.6 Å². The first-order chi connectivity index (χ1) is 7.45. The van der Waals surface area contributed by atoms with Gasteiger partial charge in [-0.3, -0.25) is 0 Å². The Bertz CT molecular complexity index is 430. The fourth-order valence-corrected chi connectivity index (χ4v) is 3.30. The third-order valence-corrected chi connectivity index (χ3v) is 5.10. The van der Waals surface area contributed by atoms with Crippen molar-refractivity contribution in [1.82, 2.24) is 10.0 Å². The molecule has 1 atom stereocenters. The highest BCUT2D eigenvalue weighted by atomic mass is 35.5. The van der Waals surface area contributed by atoms with Crippen LogP contribution in [0.2, 0.25) is 4.34 Å². The molecule has 7 heteroatoms. The van der Waals surface area contributed by atoms with Crippen molar-refractivity contribution in [1.29, 1.82) is 0 Å². The molecule has 4 nitrogen and oxygen atoms in total. The molecule has 0 spiro atoms. The third kappa shape index (κ3) is 4.03. The van der Waals surface area contributed by atoms with Crippen LogP contribution in [0, 0.1) is 0 Å². The highest BCUT2D eigenvalue weighted by Crippen LogP contribution is 2.21. The van der Waals surface area contributed by atoms with E-state index in [1.54, 1.807) is 20.0 Å². The van der Waals surface area contributed by atoms with E-state index in [0.717, 1.165) is 4.88 Å². The second-order valence-electron chi connectivity index (χ2n) is 3.44. The molecule has 1 unspecified atom stereocenters. The van der Waals surface area contributed by atoms with Crippen LogP contribution in [0.25, 0.3) is 0 Å². The zero-order valence-electron chi connectivity index (χ0n) is 9.16. The van der Waals surface area contributed by atoms with Gasteiger partial charge in [-0.15, -0.1) is 11.3 Å². The second kappa shape index (κ2) is 5.97. The molecule has 0 radical (unpaired) electrons. The summed E-state index contributed by atoms with van der Waals surface area (Å²) < 4.78 is 26.7. The summed E-state index contributed by atoms with van der Waals surface area (Å²) in [4.78, 5) is 0.908. The molecule has 0 aliphatic carbocycles. The Balaban J connectivity index is 2.54. The summed E-state index contributed by atoms with van der Waals surface area (Å²) in [6, 6.07) is 3.57. The van der Waals surface area contributed by atoms with E-state index in [1.807, 2.05) is 6.07 Å². The first-order valence-electron chi connectivity index (χ1n) is 4.83. The SMILES string of the molecule is CNCC(C)S(=O)(=O)NCc1ccc(Cl)s1. The lowest BCUT2D eigenvalue weighted by atomic mass is 10.5. The molecule has 1 aromatic heterocycles. The van der Waals surface area contributed by atoms with Crippen LogP contribution in [0.15, 0.2) is 12.1 Å². The summed E-state index contributed by atoms with van der Waals surface area (Å²) in [6.45, 7) is 2.40. The number of halogens is 1. The van der Waals surface area contributed by atoms with Gasteiger partial charge in [-0.1, -0.05) is 11.6 Å². The van der Waals surface area contributed by atoms with Crippen LogP contribution >= 0.6 is 22.9 Å². The highest BCUT2D eigenvalue weighted by molar-refractivity contribution is 7.90. The normalized spacial score (nSPS) is 13.9. The smallest absolute Gasteiger partial charge is 0.215 e. The summed E-state index contributed by atoms with van der Waals surface area (Å²) in [5.74, 6) is 0. The molecular weight excluding hydrogens is 268 g/mol. The van der Waals surface area contributed by atoms with Gasteiger partial charge >= 0.3 is 0 Å². The predicted octanol–water partition coefficient (Wildman–Crippen LogP) is 1.43. The van der Waals surface area contributed by atoms with Gasteiger partial charge in [-0.05, 0) is 26.1 Å². The molecule has 0 saturated carbocycles. The molecule has 0 aromatic carbocycles. The van der Waals surface area contributed by atoms with Crippen molar-refractivity contribution in [3.8, 4) is 0 Å². The maximum atomic E-state index is 11.7. The number of thiophene rings is 1. The first-order valence-corrected chi connectivity index (χ1v) is 7.57. The lowest BCUT2D eigenvalue weighted by molar-refractivity contribution is 0.564. The molecule has 2 N–H and O–H groups in total. The molecule has 1 heterocycles. The van der Waals surface area contributed by atoms with E-state index >= 15 is 0 Å². The fourth-order valence-electron chi connectivity index (χ4n) is 1.16. The molecule has 0 aliphatic rings. The van der Waals surface area contributed by atoms with Gasteiger partial charge in [0.05, 0.1) is 9.59 Å². The number of hydrogen-bond donors (Lipinski definition) is 2. The minimum absolute atomic E-state index is 0.299. The standard InChI is InChI=1S/C9H15ClN2O2S2/c1-7(5-11-2)16(13,14)12-6-8-3-4-9(10)15-8/h3-4,7,11-12H,5-6H2,1-2H3. The zero-order chi connectivity index (χ0) is 12.2. The Morgan fingerprint density at radius 3 is 2.69 bits per heavy atom. The van der Waals surface area contributed by atoms with E-state index < -0.39 is 15.3 Å². The Kier molecular flexibility index (Phi) is 5.20. The van der Waals surface area contributed by atoms with E-state index in [4.69, 9.17) is 11.6 Å². The topological polar surface area (TPSA) is 58.2 Å². The molecule has 92 valence electrons. The van der Waals surface area contributed by atoms with Crippen molar-refractivity contribution in [3.63, 3.8) is 0 Å². The van der Waals surface area contributed by atoms with Crippen LogP contribution in [0.1, 0.15) is 11.8 Å². The monoisotopic (exact) mass is 282 g/mol. The van der Waals surface area contributed by atoms with E-state index in [9.17, 15) is 8.42 Å². The van der Waals surface area contributed by atoms with Crippen LogP contribution in [-0.4, -0.2) is 27.3 Å². The van der Waals surface area contributed by atoms with Crippen LogP contribution in [0.3, 0.4) is 0 Å². The van der Waals surface area contributed by atoms with E-state index in [2.05, 4.69) is 10.0 Å². The maximum Gasteiger partial charge on any atom is 0.215 e. The van der Waals surface area contributed by atoms with Crippen LogP contribution in [0.4, 0.5) is 0 Å². The lowest BCUT2D eigenvalue weighted by Gasteiger charge is -2.12. The van der Waals surface area contributed by atoms with E-state index in [0.29, 0.717) is 17.4 Å². The highest BCUT2D eigenvalue weighted by Gasteiger charge is 2.19. The molecule has 1 rings (SSSR count). The number of sulfonamides is 1. The van der Waals surface area contributed by atoms with Crippen LogP contribution in [0.5, 0.6) is 0 Å². The van der Waals surface area contributed by atoms with Gasteiger partial charge in [-0.25, -0.2) is 13.1 Å². The summed E-state index contributed by atoms with van der Waals surface area (Å²) in [7, 11) is -1.53. The Morgan fingerprint density at radius 2 is 2.19 bits per heavy atom. The zero-order valence-corrected chi connectivity index (χ0v) is 11.5. The molecule has 0 saturated heterocycles. The van der Waals surface area contributed by atoms with Crippen molar-refractivity contribution in [2.45, 2.75) is 18.7 Å². The Labute approximate surface area is 105 Å². The Morgan fingerprint density at radius 1 is 1.50 bits per heavy atom. The van der Waals surface area contributed by atoms with Crippen LogP contribution < -0.4 is 10.0 Å². The van der Waals surface area contributed by atoms with Gasteiger partial charge in [-0.2, -0.15) is 0 Å². The number of nitrogens with one attached hydrogen (secondary N) is 2. The van der Waals surface area contributed by atoms with Crippen LogP contribution in [-0.2, 0) is 16.6 Å². The maximum absolute atomic E-state index is 11.7. The molecule has 0 fully saturated rings. The summed E-state index contributed by atoms with van der Waals surface area (Å²) >= 11 is 7.13. The molecule has 0 amide bonds. The summed E-state index contributed by atoms with van der Waals surface area (Å²) in [5.41, 5.74) is 0. The van der Waals surface area contributed by atoms with Crippen molar-refractivity contribution in [2.24, 2.45) is 0 Å². The van der Waals surface area contributed by atoms with Gasteiger partial charge in [0, 0.05) is 18.0 Å². The lowest BCUT2D eigenvalue weighted by Crippen LogP contribution is -2.37. The fraction of sp³-hybridized carbons (Fsp3) is 0.556. The summed E-state index contributed by atoms with van der Waals surface area (Å²) in [6.07, 6.45) is 0. The summed E-state index contributed by atoms with van der Waals surface area (Å²) in [5, 5.41) is 2.39. The molecule has 0 bridgehead atoms. The molecule has 1 aromatic rings. The van der Waals surface area contributed by atoms with E-state index in [-0.39, 0.29) is 0 Å². The third-order valence-electron chi connectivity index (χ3n) is 2.10. The average molecular weight is 283 g/mol. The first kappa shape index (κ1) is 13.9. The molecule has 0 aliphatic heterocycles. The van der Waals surface area contributed by atoms with Gasteiger partial charge in [0.15, 0.2) is 0 Å². The minimum atomic E-state index is -3.26. The minimum Gasteiger partial charge on any atom is -0.318 e. The predicted molar refractivity (Wildman–Crippen MR) is 68.5 cm³/mol. The van der Waals surface area contributed by atoms with Gasteiger partial charge in [0.25, 0.3) is 0 Å². The quantitative estimate of drug-likeness (QED) is 0.830. The number of hydrogen-bond acceptors (Lipinski definition) is 4. The van der Waals surface area contributed by atoms with E-state index in [1.165, 1.54) is 11.3 Å². The van der Waals surface area contributed by atoms with Crippen molar-refractivity contribution >= 4 is 33.0 Å². The number of rotatable bonds is 6. The van der Waals surface area contributed by atoms with Gasteiger partial charge in [0.1, 0.15) is 0 Å². The van der Waals surface area contributed by atoms with Crippen molar-refractivity contribution < 1.29 is 8.42 Å². The molecular formula is C9H15ClN2O2S2. The van der Waals surface area contributed by atoms with Crippen molar-refractivity contribution in [3.05, 3.63) is 21.3 Å². The Hall–Kier alpha value is -0.140. The average Bonchev–Trinajstić information content (AvgIpc) is 2.62. The largest absolute Gasteiger partial charge is 0.318 e.